The first-order valence-corrected chi connectivity index (χ1v) is 4.13. The Kier molecular flexibility index (Phi) is 2.29. The van der Waals surface area contributed by atoms with Crippen molar-refractivity contribution >= 4 is 31.9 Å². The average molecular weight is 255 g/mol. The molecule has 9 heavy (non-hydrogen) atoms. The molecule has 0 bridgehead atoms. The Labute approximate surface area is 69.9 Å². The van der Waals surface area contributed by atoms with Crippen molar-refractivity contribution in [1.82, 2.24) is 4.98 Å². The van der Waals surface area contributed by atoms with Gasteiger partial charge in [0.2, 0.25) is 0 Å². The maximum absolute atomic E-state index is 5.03. The van der Waals surface area contributed by atoms with Crippen molar-refractivity contribution in [2.24, 2.45) is 0 Å². The van der Waals surface area contributed by atoms with Crippen molar-refractivity contribution in [2.75, 3.05) is 0 Å². The quantitative estimate of drug-likeness (QED) is 0.771. The summed E-state index contributed by atoms with van der Waals surface area (Å²) in [7, 11) is 0. The summed E-state index contributed by atoms with van der Waals surface area (Å²) in [6, 6.07) is 0. The molecule has 4 heteroatoms. The molecular formula is C5H5Br2NO. The van der Waals surface area contributed by atoms with Gasteiger partial charge in [-0.15, -0.1) is 0 Å². The van der Waals surface area contributed by atoms with Crippen molar-refractivity contribution in [3.8, 4) is 0 Å². The summed E-state index contributed by atoms with van der Waals surface area (Å²) in [4.78, 5) is 4.57. The van der Waals surface area contributed by atoms with E-state index in [4.69, 9.17) is 4.42 Å². The Balaban J connectivity index is 3.01. The van der Waals surface area contributed by atoms with Crippen LogP contribution in [0.1, 0.15) is 12.6 Å². The van der Waals surface area contributed by atoms with E-state index in [1.807, 2.05) is 6.92 Å². The van der Waals surface area contributed by atoms with E-state index >= 15 is 0 Å². The van der Waals surface area contributed by atoms with Gasteiger partial charge in [-0.05, 0) is 22.4 Å². The molecule has 0 unspecified atom stereocenters. The van der Waals surface area contributed by atoms with Crippen LogP contribution in [-0.2, 0) is 6.42 Å². The highest BCUT2D eigenvalue weighted by Crippen LogP contribution is 2.21. The summed E-state index contributed by atoms with van der Waals surface area (Å²) in [6.07, 6.45) is 0.885. The maximum Gasteiger partial charge on any atom is 0.265 e. The number of hydrogen-bond donors (Lipinski definition) is 0. The van der Waals surface area contributed by atoms with E-state index in [1.54, 1.807) is 0 Å². The molecule has 0 aliphatic heterocycles. The molecule has 50 valence electrons. The molecule has 0 atom stereocenters. The number of oxazole rings is 1. The number of hydrogen-bond acceptors (Lipinski definition) is 2. The van der Waals surface area contributed by atoms with Crippen molar-refractivity contribution in [2.45, 2.75) is 13.3 Å². The number of halogens is 2. The van der Waals surface area contributed by atoms with Crippen LogP contribution in [0.25, 0.3) is 0 Å². The van der Waals surface area contributed by atoms with Gasteiger partial charge in [0.25, 0.3) is 4.80 Å². The monoisotopic (exact) mass is 253 g/mol. The van der Waals surface area contributed by atoms with Crippen LogP contribution in [0.3, 0.4) is 0 Å². The van der Waals surface area contributed by atoms with Crippen LogP contribution >= 0.6 is 31.9 Å². The third-order valence-electron chi connectivity index (χ3n) is 0.958. The molecule has 1 heterocycles. The molecule has 0 radical (unpaired) electrons. The summed E-state index contributed by atoms with van der Waals surface area (Å²) in [5.41, 5.74) is 0.946. The van der Waals surface area contributed by atoms with E-state index < -0.39 is 0 Å². The van der Waals surface area contributed by atoms with E-state index in [1.165, 1.54) is 0 Å². The minimum atomic E-state index is 0.534. The highest BCUT2D eigenvalue weighted by atomic mass is 79.9. The fourth-order valence-corrected chi connectivity index (χ4v) is 1.64. The van der Waals surface area contributed by atoms with Crippen LogP contribution in [-0.4, -0.2) is 4.98 Å². The molecule has 0 aromatic carbocycles. The van der Waals surface area contributed by atoms with Crippen LogP contribution < -0.4 is 0 Å². The van der Waals surface area contributed by atoms with Crippen LogP contribution in [0.15, 0.2) is 13.9 Å². The average Bonchev–Trinajstić information content (AvgIpc) is 2.10. The van der Waals surface area contributed by atoms with E-state index in [0.29, 0.717) is 4.80 Å². The predicted octanol–water partition coefficient (Wildman–Crippen LogP) is 2.76. The fraction of sp³-hybridized carbons (Fsp3) is 0.400. The fourth-order valence-electron chi connectivity index (χ4n) is 0.524. The van der Waals surface area contributed by atoms with Gasteiger partial charge in [0, 0.05) is 15.9 Å². The molecule has 2 nitrogen and oxygen atoms in total. The third-order valence-corrected chi connectivity index (χ3v) is 1.92. The number of aromatic nitrogens is 1. The van der Waals surface area contributed by atoms with E-state index in [0.717, 1.165) is 16.8 Å². The number of rotatable bonds is 1. The van der Waals surface area contributed by atoms with E-state index in [9.17, 15) is 0 Å². The Morgan fingerprint density at radius 3 is 2.44 bits per heavy atom. The Hall–Kier alpha value is 0.170. The molecule has 1 aromatic rings. The zero-order valence-corrected chi connectivity index (χ0v) is 7.99. The van der Waals surface area contributed by atoms with Crippen molar-refractivity contribution in [3.63, 3.8) is 0 Å². The molecule has 0 aliphatic carbocycles. The van der Waals surface area contributed by atoms with E-state index in [2.05, 4.69) is 36.8 Å². The zero-order valence-electron chi connectivity index (χ0n) is 4.82. The second-order valence-corrected chi connectivity index (χ2v) is 2.94. The molecule has 0 fully saturated rings. The zero-order chi connectivity index (χ0) is 6.85. The summed E-state index contributed by atoms with van der Waals surface area (Å²) in [5, 5.41) is 0. The van der Waals surface area contributed by atoms with Gasteiger partial charge in [-0.1, -0.05) is 6.92 Å². The lowest BCUT2D eigenvalue weighted by atomic mass is 10.4. The van der Waals surface area contributed by atoms with Gasteiger partial charge in [0.1, 0.15) is 0 Å². The topological polar surface area (TPSA) is 26.0 Å². The second kappa shape index (κ2) is 2.84. The molecule has 1 aromatic heterocycles. The molecule has 0 N–H and O–H groups in total. The van der Waals surface area contributed by atoms with E-state index in [-0.39, 0.29) is 0 Å². The summed E-state index contributed by atoms with van der Waals surface area (Å²) >= 11 is 6.33. The largest absolute Gasteiger partial charge is 0.424 e. The molecule has 0 aliphatic rings. The SMILES string of the molecule is CCc1nc(Br)oc1Br. The van der Waals surface area contributed by atoms with Crippen LogP contribution in [0, 0.1) is 0 Å². The van der Waals surface area contributed by atoms with Crippen molar-refractivity contribution in [1.29, 1.82) is 0 Å². The molecule has 0 saturated carbocycles. The Morgan fingerprint density at radius 2 is 2.22 bits per heavy atom. The van der Waals surface area contributed by atoms with Crippen LogP contribution in [0.2, 0.25) is 0 Å². The summed E-state index contributed by atoms with van der Waals surface area (Å²) < 4.78 is 5.75. The minimum Gasteiger partial charge on any atom is -0.424 e. The van der Waals surface area contributed by atoms with Gasteiger partial charge in [-0.2, -0.15) is 0 Å². The first kappa shape index (κ1) is 7.28. The summed E-state index contributed by atoms with van der Waals surface area (Å²) in [6.45, 7) is 2.02. The van der Waals surface area contributed by atoms with Crippen LogP contribution in [0.5, 0.6) is 0 Å². The standard InChI is InChI=1S/C5H5Br2NO/c1-2-3-4(6)9-5(7)8-3/h2H2,1H3. The minimum absolute atomic E-state index is 0.534. The summed E-state index contributed by atoms with van der Waals surface area (Å²) in [5.74, 6) is 0. The first-order valence-electron chi connectivity index (χ1n) is 2.54. The Bertz CT molecular complexity index is 209. The normalized spacial score (nSPS) is 10.1. The van der Waals surface area contributed by atoms with Gasteiger partial charge < -0.3 is 4.42 Å². The lowest BCUT2D eigenvalue weighted by Crippen LogP contribution is -1.77. The van der Waals surface area contributed by atoms with Crippen LogP contribution in [0.4, 0.5) is 0 Å². The molecule has 0 spiro atoms. The van der Waals surface area contributed by atoms with Gasteiger partial charge in [0.15, 0.2) is 4.67 Å². The maximum atomic E-state index is 5.03. The molecule has 0 amide bonds. The highest BCUT2D eigenvalue weighted by Gasteiger charge is 2.04. The van der Waals surface area contributed by atoms with Crippen molar-refractivity contribution in [3.05, 3.63) is 15.2 Å². The predicted molar refractivity (Wildman–Crippen MR) is 41.3 cm³/mol. The van der Waals surface area contributed by atoms with Gasteiger partial charge in [0.05, 0.1) is 5.69 Å². The Morgan fingerprint density at radius 1 is 1.56 bits per heavy atom. The molecule has 1 rings (SSSR count). The van der Waals surface area contributed by atoms with Gasteiger partial charge in [-0.25, -0.2) is 4.98 Å². The molecule has 0 saturated heterocycles. The van der Waals surface area contributed by atoms with Gasteiger partial charge >= 0.3 is 0 Å². The van der Waals surface area contributed by atoms with Gasteiger partial charge in [-0.3, -0.25) is 0 Å². The molecular weight excluding hydrogens is 250 g/mol. The third kappa shape index (κ3) is 1.55. The lowest BCUT2D eigenvalue weighted by molar-refractivity contribution is 0.504. The lowest BCUT2D eigenvalue weighted by Gasteiger charge is -1.81. The highest BCUT2D eigenvalue weighted by molar-refractivity contribution is 9.11. The smallest absolute Gasteiger partial charge is 0.265 e. The first-order chi connectivity index (χ1) is 4.24. The van der Waals surface area contributed by atoms with Crippen molar-refractivity contribution < 1.29 is 4.42 Å². The second-order valence-electron chi connectivity index (χ2n) is 1.54. The number of nitrogens with zero attached hydrogens (tertiary/aromatic N) is 1. The number of aryl methyl sites for hydroxylation is 1.